The normalized spacial score (nSPS) is 24.3. The number of nitrogens with zero attached hydrogens (tertiary/aromatic N) is 1. The Hall–Kier alpha value is -0.730. The molecular weight excluding hydrogens is 118 g/mol. The Balaban J connectivity index is 2.70. The predicted molar refractivity (Wildman–Crippen MR) is 34.1 cm³/mol. The van der Waals surface area contributed by atoms with Crippen LogP contribution < -0.4 is 0 Å². The quantitative estimate of drug-likeness (QED) is 0.458. The molecule has 0 spiro atoms. The predicted octanol–water partition coefficient (Wildman–Crippen LogP) is 1.07. The molecule has 1 rings (SSSR count). The van der Waals surface area contributed by atoms with Gasteiger partial charge < -0.3 is 4.84 Å². The van der Waals surface area contributed by atoms with E-state index in [9.17, 15) is 5.21 Å². The fourth-order valence-electron chi connectivity index (χ4n) is 1.02. The summed E-state index contributed by atoms with van der Waals surface area (Å²) < 4.78 is 0. The van der Waals surface area contributed by atoms with Crippen molar-refractivity contribution >= 4 is 5.71 Å². The van der Waals surface area contributed by atoms with E-state index in [2.05, 4.69) is 0 Å². The Kier molecular flexibility index (Phi) is 1.15. The number of rotatable bonds is 0. The van der Waals surface area contributed by atoms with Gasteiger partial charge in [0.15, 0.2) is 0 Å². The summed E-state index contributed by atoms with van der Waals surface area (Å²) in [5.41, 5.74) is 0.464. The maximum absolute atomic E-state index is 10.6. The fourth-order valence-corrected chi connectivity index (χ4v) is 1.02. The van der Waals surface area contributed by atoms with E-state index in [1.807, 2.05) is 13.8 Å². The van der Waals surface area contributed by atoms with E-state index in [0.717, 1.165) is 12.1 Å². The molecule has 0 unspecified atom stereocenters. The first-order chi connectivity index (χ1) is 4.01. The molecule has 1 aliphatic heterocycles. The molecule has 0 atom stereocenters. The Morgan fingerprint density at radius 1 is 1.67 bits per heavy atom. The zero-order chi connectivity index (χ0) is 7.07. The van der Waals surface area contributed by atoms with Gasteiger partial charge in [-0.3, -0.25) is 5.21 Å². The molecule has 3 heteroatoms. The number of hydrogen-bond donors (Lipinski definition) is 0. The van der Waals surface area contributed by atoms with Crippen molar-refractivity contribution in [2.24, 2.45) is 0 Å². The van der Waals surface area contributed by atoms with Gasteiger partial charge in [0.05, 0.1) is 12.0 Å². The zero-order valence-corrected chi connectivity index (χ0v) is 5.97. The van der Waals surface area contributed by atoms with Crippen LogP contribution in [0.4, 0.5) is 0 Å². The molecule has 0 aromatic heterocycles. The van der Waals surface area contributed by atoms with Gasteiger partial charge in [0.2, 0.25) is 5.71 Å². The third kappa shape index (κ3) is 1.15. The molecule has 0 amide bonds. The average Bonchev–Trinajstić information content (AvgIpc) is 1.79. The molecule has 0 N–H and O–H groups in total. The molecule has 0 aromatic carbocycles. The van der Waals surface area contributed by atoms with Crippen LogP contribution in [0.5, 0.6) is 0 Å². The van der Waals surface area contributed by atoms with Crippen LogP contribution in [-0.2, 0) is 4.84 Å². The second-order valence-corrected chi connectivity index (χ2v) is 3.02. The Morgan fingerprint density at radius 3 is 2.33 bits per heavy atom. The highest BCUT2D eigenvalue weighted by Crippen LogP contribution is 2.20. The van der Waals surface area contributed by atoms with Gasteiger partial charge in [-0.05, 0) is 13.8 Å². The van der Waals surface area contributed by atoms with Gasteiger partial charge in [-0.1, -0.05) is 0 Å². The number of hydrogen-bond acceptors (Lipinski definition) is 2. The summed E-state index contributed by atoms with van der Waals surface area (Å²) in [7, 11) is 0. The van der Waals surface area contributed by atoms with Gasteiger partial charge in [0.25, 0.3) is 0 Å². The summed E-state index contributed by atoms with van der Waals surface area (Å²) in [5, 5.41) is 10.6. The van der Waals surface area contributed by atoms with Crippen LogP contribution in [0, 0.1) is 5.21 Å². The highest BCUT2D eigenvalue weighted by Gasteiger charge is 2.30. The van der Waals surface area contributed by atoms with Crippen molar-refractivity contribution in [2.45, 2.75) is 32.8 Å². The van der Waals surface area contributed by atoms with E-state index in [0.29, 0.717) is 4.90 Å². The van der Waals surface area contributed by atoms with Gasteiger partial charge in [-0.2, -0.15) is 0 Å². The van der Waals surface area contributed by atoms with E-state index in [1.54, 1.807) is 6.92 Å². The van der Waals surface area contributed by atoms with E-state index < -0.39 is 0 Å². The van der Waals surface area contributed by atoms with E-state index in [-0.39, 0.29) is 5.60 Å². The minimum atomic E-state index is -0.286. The molecule has 52 valence electrons. The van der Waals surface area contributed by atoms with E-state index >= 15 is 0 Å². The van der Waals surface area contributed by atoms with E-state index in [1.165, 1.54) is 0 Å². The molecule has 0 saturated carbocycles. The van der Waals surface area contributed by atoms with Gasteiger partial charge >= 0.3 is 0 Å². The second-order valence-electron chi connectivity index (χ2n) is 3.02. The lowest BCUT2D eigenvalue weighted by molar-refractivity contribution is -0.750. The summed E-state index contributed by atoms with van der Waals surface area (Å²) in [4.78, 5) is 5.50. The van der Waals surface area contributed by atoms with Crippen molar-refractivity contribution in [3.8, 4) is 0 Å². The Bertz CT molecular complexity index is 144. The molecule has 1 heterocycles. The second kappa shape index (κ2) is 1.62. The van der Waals surface area contributed by atoms with Crippen molar-refractivity contribution in [1.29, 1.82) is 0 Å². The molecule has 0 fully saturated rings. The molecule has 0 aromatic rings. The minimum absolute atomic E-state index is 0.286. The van der Waals surface area contributed by atoms with Crippen molar-refractivity contribution in [1.82, 2.24) is 0 Å². The Morgan fingerprint density at radius 2 is 2.22 bits per heavy atom. The lowest BCUT2D eigenvalue weighted by atomic mass is 10.0. The van der Waals surface area contributed by atoms with Crippen LogP contribution in [0.1, 0.15) is 27.2 Å². The first-order valence-corrected chi connectivity index (χ1v) is 3.00. The first kappa shape index (κ1) is 6.39. The monoisotopic (exact) mass is 129 g/mol. The van der Waals surface area contributed by atoms with Gasteiger partial charge in [-0.15, -0.1) is 0 Å². The first-order valence-electron chi connectivity index (χ1n) is 3.00. The van der Waals surface area contributed by atoms with Crippen molar-refractivity contribution in [2.75, 3.05) is 0 Å². The van der Waals surface area contributed by atoms with Crippen LogP contribution in [0.3, 0.4) is 0 Å². The summed E-state index contributed by atoms with van der Waals surface area (Å²) >= 11 is 0. The minimum Gasteiger partial charge on any atom is -0.397 e. The van der Waals surface area contributed by atoms with Gasteiger partial charge in [-0.25, -0.2) is 0 Å². The van der Waals surface area contributed by atoms with Crippen LogP contribution in [0.25, 0.3) is 0 Å². The SMILES string of the molecule is CC1=[N+]([O-])OC(C)(C)C1. The van der Waals surface area contributed by atoms with Crippen molar-refractivity contribution in [3.05, 3.63) is 5.21 Å². The highest BCUT2D eigenvalue weighted by atomic mass is 16.9. The van der Waals surface area contributed by atoms with Crippen LogP contribution in [0.15, 0.2) is 0 Å². The Labute approximate surface area is 54.5 Å². The van der Waals surface area contributed by atoms with Crippen LogP contribution >= 0.6 is 0 Å². The third-order valence-electron chi connectivity index (χ3n) is 1.32. The van der Waals surface area contributed by atoms with Crippen LogP contribution in [-0.4, -0.2) is 16.2 Å². The summed E-state index contributed by atoms with van der Waals surface area (Å²) in [6.07, 6.45) is 0.733. The molecular formula is C6H11NO2. The highest BCUT2D eigenvalue weighted by molar-refractivity contribution is 5.78. The molecule has 0 bridgehead atoms. The van der Waals surface area contributed by atoms with Crippen molar-refractivity contribution in [3.63, 3.8) is 0 Å². The lowest BCUT2D eigenvalue weighted by Crippen LogP contribution is -2.20. The zero-order valence-electron chi connectivity index (χ0n) is 5.97. The molecule has 0 aliphatic carbocycles. The lowest BCUT2D eigenvalue weighted by Gasteiger charge is -2.17. The van der Waals surface area contributed by atoms with Gasteiger partial charge in [0, 0.05) is 11.8 Å². The third-order valence-corrected chi connectivity index (χ3v) is 1.32. The average molecular weight is 129 g/mol. The van der Waals surface area contributed by atoms with Crippen molar-refractivity contribution < 1.29 is 9.74 Å². The summed E-state index contributed by atoms with van der Waals surface area (Å²) in [5.74, 6) is 0. The van der Waals surface area contributed by atoms with Crippen LogP contribution in [0.2, 0.25) is 0 Å². The smallest absolute Gasteiger partial charge is 0.220 e. The largest absolute Gasteiger partial charge is 0.397 e. The molecule has 1 aliphatic rings. The topological polar surface area (TPSA) is 35.3 Å². The molecule has 3 nitrogen and oxygen atoms in total. The maximum Gasteiger partial charge on any atom is 0.220 e. The summed E-state index contributed by atoms with van der Waals surface area (Å²) in [6, 6.07) is 0. The molecule has 0 radical (unpaired) electrons. The molecule has 0 saturated heterocycles. The maximum atomic E-state index is 10.6. The molecule has 9 heavy (non-hydrogen) atoms. The fraction of sp³-hybridized carbons (Fsp3) is 0.833. The standard InChI is InChI=1S/C6H11NO2/c1-5-4-6(2,3)9-7(5)8/h4H2,1-3H3. The summed E-state index contributed by atoms with van der Waals surface area (Å²) in [6.45, 7) is 5.57. The van der Waals surface area contributed by atoms with Gasteiger partial charge in [0.1, 0.15) is 0 Å². The van der Waals surface area contributed by atoms with E-state index in [4.69, 9.17) is 4.84 Å².